The number of carbonyl (C=O) groups excluding carboxylic acids is 2. The molecule has 0 unspecified atom stereocenters. The first-order valence-corrected chi connectivity index (χ1v) is 8.84. The molecule has 0 spiro atoms. The minimum atomic E-state index is -1.01. The summed E-state index contributed by atoms with van der Waals surface area (Å²) in [5.74, 6) is -2.56. The minimum absolute atomic E-state index is 0.0630. The zero-order chi connectivity index (χ0) is 19.2. The van der Waals surface area contributed by atoms with E-state index in [-0.39, 0.29) is 30.0 Å². The van der Waals surface area contributed by atoms with Crippen LogP contribution in [0.4, 0.5) is 20.2 Å². The lowest BCUT2D eigenvalue weighted by Crippen LogP contribution is -2.44. The largest absolute Gasteiger partial charge is 0.326 e. The molecule has 3 rings (SSSR count). The van der Waals surface area contributed by atoms with Crippen LogP contribution in [0.1, 0.15) is 12.8 Å². The van der Waals surface area contributed by atoms with Crippen LogP contribution >= 0.6 is 0 Å². The summed E-state index contributed by atoms with van der Waals surface area (Å²) in [6, 6.07) is 12.5. The highest BCUT2D eigenvalue weighted by Crippen LogP contribution is 2.19. The average Bonchev–Trinajstić information content (AvgIpc) is 2.66. The van der Waals surface area contributed by atoms with Gasteiger partial charge in [0.1, 0.15) is 0 Å². The molecule has 142 valence electrons. The van der Waals surface area contributed by atoms with Gasteiger partial charge in [-0.2, -0.15) is 0 Å². The Morgan fingerprint density at radius 3 is 2.52 bits per heavy atom. The van der Waals surface area contributed by atoms with Gasteiger partial charge in [-0.05, 0) is 43.7 Å². The van der Waals surface area contributed by atoms with E-state index in [9.17, 15) is 18.4 Å². The second kappa shape index (κ2) is 8.73. The Morgan fingerprint density at radius 1 is 1.00 bits per heavy atom. The van der Waals surface area contributed by atoms with E-state index in [4.69, 9.17) is 0 Å². The number of anilines is 2. The van der Waals surface area contributed by atoms with Gasteiger partial charge in [-0.25, -0.2) is 8.78 Å². The number of hydrogen-bond donors (Lipinski definition) is 2. The van der Waals surface area contributed by atoms with E-state index in [1.165, 1.54) is 6.07 Å². The van der Waals surface area contributed by atoms with E-state index in [0.29, 0.717) is 13.1 Å². The van der Waals surface area contributed by atoms with Crippen LogP contribution in [0.25, 0.3) is 0 Å². The molecule has 1 heterocycles. The fourth-order valence-electron chi connectivity index (χ4n) is 3.16. The highest BCUT2D eigenvalue weighted by atomic mass is 19.2. The normalized spacial score (nSPS) is 17.3. The Bertz CT molecular complexity index is 814. The Hall–Kier alpha value is -2.80. The molecular weight excluding hydrogens is 352 g/mol. The third-order valence-corrected chi connectivity index (χ3v) is 4.49. The Labute approximate surface area is 156 Å². The highest BCUT2D eigenvalue weighted by molar-refractivity contribution is 5.93. The second-order valence-corrected chi connectivity index (χ2v) is 6.61. The van der Waals surface area contributed by atoms with Crippen LogP contribution in [0.2, 0.25) is 0 Å². The minimum Gasteiger partial charge on any atom is -0.326 e. The van der Waals surface area contributed by atoms with Gasteiger partial charge in [-0.1, -0.05) is 18.2 Å². The quantitative estimate of drug-likeness (QED) is 0.846. The maximum Gasteiger partial charge on any atom is 0.238 e. The summed E-state index contributed by atoms with van der Waals surface area (Å²) in [4.78, 5) is 26.5. The molecule has 2 aromatic rings. The van der Waals surface area contributed by atoms with Gasteiger partial charge in [-0.15, -0.1) is 0 Å². The number of hydrogen-bond acceptors (Lipinski definition) is 3. The van der Waals surface area contributed by atoms with Crippen molar-refractivity contribution in [1.82, 2.24) is 4.90 Å². The zero-order valence-corrected chi connectivity index (χ0v) is 14.8. The molecule has 0 radical (unpaired) electrons. The van der Waals surface area contributed by atoms with Crippen LogP contribution in [0.5, 0.6) is 0 Å². The van der Waals surface area contributed by atoms with Crippen LogP contribution < -0.4 is 10.6 Å². The molecule has 5 nitrogen and oxygen atoms in total. The summed E-state index contributed by atoms with van der Waals surface area (Å²) in [7, 11) is 0. The lowest BCUT2D eigenvalue weighted by molar-refractivity contribution is -0.123. The number of para-hydroxylation sites is 1. The third-order valence-electron chi connectivity index (χ3n) is 4.49. The SMILES string of the molecule is O=C(CN1CCC[C@@H](C(=O)Nc2ccccc2)C1)Nc1ccc(F)c(F)c1. The van der Waals surface area contributed by atoms with Crippen molar-refractivity contribution in [3.8, 4) is 0 Å². The van der Waals surface area contributed by atoms with Crippen molar-refractivity contribution in [3.63, 3.8) is 0 Å². The first kappa shape index (κ1) is 19.0. The van der Waals surface area contributed by atoms with Crippen LogP contribution in [0.3, 0.4) is 0 Å². The zero-order valence-electron chi connectivity index (χ0n) is 14.8. The number of rotatable bonds is 5. The van der Waals surface area contributed by atoms with E-state index in [1.54, 1.807) is 0 Å². The standard InChI is InChI=1S/C20H21F2N3O2/c21-17-9-8-16(11-18(17)22)23-19(26)13-25-10-4-5-14(12-25)20(27)24-15-6-2-1-3-7-15/h1-3,6-9,11,14H,4-5,10,12-13H2,(H,23,26)(H,24,27)/t14-/m1/s1. The lowest BCUT2D eigenvalue weighted by Gasteiger charge is -2.31. The van der Waals surface area contributed by atoms with E-state index >= 15 is 0 Å². The Kier molecular flexibility index (Phi) is 6.13. The van der Waals surface area contributed by atoms with Gasteiger partial charge >= 0.3 is 0 Å². The predicted octanol–water partition coefficient (Wildman–Crippen LogP) is 3.25. The van der Waals surface area contributed by atoms with Gasteiger partial charge in [0.25, 0.3) is 0 Å². The molecule has 0 aliphatic carbocycles. The summed E-state index contributed by atoms with van der Waals surface area (Å²) >= 11 is 0. The van der Waals surface area contributed by atoms with Gasteiger partial charge in [0, 0.05) is 24.0 Å². The third kappa shape index (κ3) is 5.34. The lowest BCUT2D eigenvalue weighted by atomic mass is 9.97. The number of nitrogens with one attached hydrogen (secondary N) is 2. The van der Waals surface area contributed by atoms with Gasteiger partial charge in [-0.3, -0.25) is 14.5 Å². The molecule has 2 N–H and O–H groups in total. The van der Waals surface area contributed by atoms with E-state index < -0.39 is 11.6 Å². The second-order valence-electron chi connectivity index (χ2n) is 6.61. The average molecular weight is 373 g/mol. The molecule has 7 heteroatoms. The first-order chi connectivity index (χ1) is 13.0. The fourth-order valence-corrected chi connectivity index (χ4v) is 3.16. The maximum absolute atomic E-state index is 13.2. The smallest absolute Gasteiger partial charge is 0.238 e. The number of halogens is 2. The van der Waals surface area contributed by atoms with Gasteiger partial charge in [0.15, 0.2) is 11.6 Å². The van der Waals surface area contributed by atoms with Crippen LogP contribution in [-0.4, -0.2) is 36.3 Å². The molecule has 2 amide bonds. The summed E-state index contributed by atoms with van der Waals surface area (Å²) in [6.45, 7) is 1.28. The molecule has 27 heavy (non-hydrogen) atoms. The monoisotopic (exact) mass is 373 g/mol. The molecular formula is C20H21F2N3O2. The van der Waals surface area contributed by atoms with Crippen LogP contribution in [-0.2, 0) is 9.59 Å². The van der Waals surface area contributed by atoms with Crippen molar-refractivity contribution in [2.75, 3.05) is 30.3 Å². The Balaban J connectivity index is 1.52. The number of piperidine rings is 1. The molecule has 1 aliphatic rings. The van der Waals surface area contributed by atoms with Crippen molar-refractivity contribution in [1.29, 1.82) is 0 Å². The molecule has 2 aromatic carbocycles. The number of benzene rings is 2. The van der Waals surface area contributed by atoms with Crippen molar-refractivity contribution in [3.05, 3.63) is 60.2 Å². The summed E-state index contributed by atoms with van der Waals surface area (Å²) in [5.41, 5.74) is 0.949. The summed E-state index contributed by atoms with van der Waals surface area (Å²) in [6.07, 6.45) is 1.57. The number of nitrogens with zero attached hydrogens (tertiary/aromatic N) is 1. The number of amides is 2. The van der Waals surface area contributed by atoms with Crippen molar-refractivity contribution in [2.24, 2.45) is 5.92 Å². The molecule has 1 saturated heterocycles. The van der Waals surface area contributed by atoms with E-state index in [2.05, 4.69) is 10.6 Å². The topological polar surface area (TPSA) is 61.4 Å². The molecule has 0 bridgehead atoms. The summed E-state index contributed by atoms with van der Waals surface area (Å²) in [5, 5.41) is 5.45. The Morgan fingerprint density at radius 2 is 1.78 bits per heavy atom. The molecule has 0 saturated carbocycles. The molecule has 0 aromatic heterocycles. The fraction of sp³-hybridized carbons (Fsp3) is 0.300. The van der Waals surface area contributed by atoms with E-state index in [1.807, 2.05) is 35.2 Å². The van der Waals surface area contributed by atoms with Gasteiger partial charge in [0.2, 0.25) is 11.8 Å². The van der Waals surface area contributed by atoms with Crippen LogP contribution in [0.15, 0.2) is 48.5 Å². The van der Waals surface area contributed by atoms with Gasteiger partial charge < -0.3 is 10.6 Å². The number of likely N-dealkylation sites (tertiary alicyclic amines) is 1. The number of carbonyl (C=O) groups is 2. The molecule has 1 fully saturated rings. The first-order valence-electron chi connectivity index (χ1n) is 8.84. The highest BCUT2D eigenvalue weighted by Gasteiger charge is 2.27. The van der Waals surface area contributed by atoms with Gasteiger partial charge in [0.05, 0.1) is 12.5 Å². The predicted molar refractivity (Wildman–Crippen MR) is 99.2 cm³/mol. The molecule has 1 aliphatic heterocycles. The van der Waals surface area contributed by atoms with Crippen molar-refractivity contribution < 1.29 is 18.4 Å². The summed E-state index contributed by atoms with van der Waals surface area (Å²) < 4.78 is 26.2. The van der Waals surface area contributed by atoms with Crippen molar-refractivity contribution in [2.45, 2.75) is 12.8 Å². The van der Waals surface area contributed by atoms with Crippen LogP contribution in [0, 0.1) is 17.6 Å². The maximum atomic E-state index is 13.2. The van der Waals surface area contributed by atoms with E-state index in [0.717, 1.165) is 30.7 Å². The molecule has 1 atom stereocenters. The van der Waals surface area contributed by atoms with Crippen molar-refractivity contribution >= 4 is 23.2 Å².